The van der Waals surface area contributed by atoms with E-state index in [2.05, 4.69) is 12.6 Å². The maximum atomic E-state index is 11.5. The Morgan fingerprint density at radius 2 is 2.12 bits per heavy atom. The molecule has 0 spiro atoms. The van der Waals surface area contributed by atoms with Crippen LogP contribution >= 0.6 is 0 Å². The standard InChI is InChI=1S/C13H19NO2/c1-3-16-13(15)10(2)12(9-14)11-7-5-4-6-8-11/h11-12H,2-8H2,1H3. The molecule has 0 radical (unpaired) electrons. The first-order valence-corrected chi connectivity index (χ1v) is 5.96. The number of ether oxygens (including phenoxy) is 1. The highest BCUT2D eigenvalue weighted by molar-refractivity contribution is 5.88. The van der Waals surface area contributed by atoms with Crippen molar-refractivity contribution in [2.75, 3.05) is 6.61 Å². The van der Waals surface area contributed by atoms with E-state index in [4.69, 9.17) is 10.00 Å². The van der Waals surface area contributed by atoms with E-state index in [0.717, 1.165) is 25.7 Å². The maximum absolute atomic E-state index is 11.5. The molecule has 1 unspecified atom stereocenters. The number of carbonyl (C=O) groups excluding carboxylic acids is 1. The molecule has 1 aliphatic carbocycles. The van der Waals surface area contributed by atoms with Gasteiger partial charge in [-0.15, -0.1) is 0 Å². The number of nitrogens with zero attached hydrogens (tertiary/aromatic N) is 1. The third-order valence-electron chi connectivity index (χ3n) is 3.17. The molecule has 1 fully saturated rings. The summed E-state index contributed by atoms with van der Waals surface area (Å²) in [6.45, 7) is 5.81. The Morgan fingerprint density at radius 3 is 2.62 bits per heavy atom. The molecule has 0 aliphatic heterocycles. The molecular weight excluding hydrogens is 202 g/mol. The van der Waals surface area contributed by atoms with E-state index in [1.54, 1.807) is 6.92 Å². The second kappa shape index (κ2) is 6.32. The Balaban J connectivity index is 2.62. The molecule has 0 saturated heterocycles. The molecule has 88 valence electrons. The van der Waals surface area contributed by atoms with Gasteiger partial charge in [-0.25, -0.2) is 4.79 Å². The van der Waals surface area contributed by atoms with Crippen LogP contribution in [0.1, 0.15) is 39.0 Å². The summed E-state index contributed by atoms with van der Waals surface area (Å²) in [6, 6.07) is 2.21. The molecule has 0 aromatic carbocycles. The highest BCUT2D eigenvalue weighted by atomic mass is 16.5. The van der Waals surface area contributed by atoms with Crippen LogP contribution in [0.4, 0.5) is 0 Å². The summed E-state index contributed by atoms with van der Waals surface area (Å²) >= 11 is 0. The quantitative estimate of drug-likeness (QED) is 0.541. The smallest absolute Gasteiger partial charge is 0.334 e. The number of rotatable bonds is 4. The number of nitriles is 1. The molecule has 0 aromatic heterocycles. The number of esters is 1. The first kappa shape index (κ1) is 12.8. The Morgan fingerprint density at radius 1 is 1.50 bits per heavy atom. The summed E-state index contributed by atoms with van der Waals surface area (Å²) in [6.07, 6.45) is 5.59. The molecule has 1 aliphatic rings. The van der Waals surface area contributed by atoms with Crippen LogP contribution in [-0.2, 0) is 9.53 Å². The molecule has 3 heteroatoms. The van der Waals surface area contributed by atoms with Crippen molar-refractivity contribution in [1.82, 2.24) is 0 Å². The van der Waals surface area contributed by atoms with Gasteiger partial charge in [0.25, 0.3) is 0 Å². The van der Waals surface area contributed by atoms with Crippen molar-refractivity contribution < 1.29 is 9.53 Å². The summed E-state index contributed by atoms with van der Waals surface area (Å²) in [7, 11) is 0. The molecule has 3 nitrogen and oxygen atoms in total. The largest absolute Gasteiger partial charge is 0.463 e. The van der Waals surface area contributed by atoms with Crippen molar-refractivity contribution in [2.45, 2.75) is 39.0 Å². The fourth-order valence-electron chi connectivity index (χ4n) is 2.29. The molecule has 0 aromatic rings. The minimum absolute atomic E-state index is 0.288. The SMILES string of the molecule is C=C(C(=O)OCC)C(C#N)C1CCCCC1. The van der Waals surface area contributed by atoms with Gasteiger partial charge in [0, 0.05) is 5.57 Å². The van der Waals surface area contributed by atoms with Crippen molar-refractivity contribution in [3.05, 3.63) is 12.2 Å². The minimum Gasteiger partial charge on any atom is -0.463 e. The van der Waals surface area contributed by atoms with Crippen LogP contribution in [0, 0.1) is 23.2 Å². The first-order chi connectivity index (χ1) is 7.70. The normalized spacial score (nSPS) is 18.5. The molecular formula is C13H19NO2. The molecule has 0 bridgehead atoms. The molecule has 1 atom stereocenters. The summed E-state index contributed by atoms with van der Waals surface area (Å²) in [5.74, 6) is -0.491. The van der Waals surface area contributed by atoms with Crippen LogP contribution in [0.2, 0.25) is 0 Å². The van der Waals surface area contributed by atoms with E-state index >= 15 is 0 Å². The van der Waals surface area contributed by atoms with Gasteiger partial charge in [0.15, 0.2) is 0 Å². The van der Waals surface area contributed by atoms with Crippen molar-refractivity contribution in [3.63, 3.8) is 0 Å². The monoisotopic (exact) mass is 221 g/mol. The average Bonchev–Trinajstić information content (AvgIpc) is 2.31. The minimum atomic E-state index is -0.417. The lowest BCUT2D eigenvalue weighted by Gasteiger charge is -2.26. The lowest BCUT2D eigenvalue weighted by molar-refractivity contribution is -0.139. The van der Waals surface area contributed by atoms with Gasteiger partial charge < -0.3 is 4.74 Å². The first-order valence-electron chi connectivity index (χ1n) is 5.96. The third-order valence-corrected chi connectivity index (χ3v) is 3.17. The Labute approximate surface area is 97.1 Å². The molecule has 16 heavy (non-hydrogen) atoms. The lowest BCUT2D eigenvalue weighted by Crippen LogP contribution is -2.23. The molecule has 0 amide bonds. The zero-order valence-electron chi connectivity index (χ0n) is 9.87. The van der Waals surface area contributed by atoms with Crippen LogP contribution in [0.15, 0.2) is 12.2 Å². The number of hydrogen-bond donors (Lipinski definition) is 0. The van der Waals surface area contributed by atoms with Gasteiger partial charge in [-0.2, -0.15) is 5.26 Å². The second-order valence-electron chi connectivity index (χ2n) is 4.25. The Kier molecular flexibility index (Phi) is 5.04. The van der Waals surface area contributed by atoms with Crippen LogP contribution in [0.25, 0.3) is 0 Å². The van der Waals surface area contributed by atoms with E-state index in [0.29, 0.717) is 12.2 Å². The van der Waals surface area contributed by atoms with E-state index in [1.165, 1.54) is 6.42 Å². The van der Waals surface area contributed by atoms with E-state index in [9.17, 15) is 4.79 Å². The van der Waals surface area contributed by atoms with Gasteiger partial charge in [0.1, 0.15) is 0 Å². The van der Waals surface area contributed by atoms with E-state index in [-0.39, 0.29) is 11.8 Å². The third kappa shape index (κ3) is 3.10. The molecule has 0 N–H and O–H groups in total. The van der Waals surface area contributed by atoms with Gasteiger partial charge in [-0.05, 0) is 25.7 Å². The van der Waals surface area contributed by atoms with Crippen molar-refractivity contribution >= 4 is 5.97 Å². The zero-order chi connectivity index (χ0) is 12.0. The zero-order valence-corrected chi connectivity index (χ0v) is 9.87. The molecule has 0 heterocycles. The highest BCUT2D eigenvalue weighted by Gasteiger charge is 2.29. The summed E-state index contributed by atoms with van der Waals surface area (Å²) in [5.41, 5.74) is 0.330. The topological polar surface area (TPSA) is 50.1 Å². The fraction of sp³-hybridized carbons (Fsp3) is 0.692. The number of hydrogen-bond acceptors (Lipinski definition) is 3. The fourth-order valence-corrected chi connectivity index (χ4v) is 2.29. The summed E-state index contributed by atoms with van der Waals surface area (Å²) < 4.78 is 4.89. The van der Waals surface area contributed by atoms with Crippen LogP contribution in [0.5, 0.6) is 0 Å². The van der Waals surface area contributed by atoms with Gasteiger partial charge in [-0.3, -0.25) is 0 Å². The molecule has 1 rings (SSSR count). The predicted octanol–water partition coefficient (Wildman–Crippen LogP) is 2.83. The van der Waals surface area contributed by atoms with Crippen LogP contribution < -0.4 is 0 Å². The van der Waals surface area contributed by atoms with Crippen molar-refractivity contribution in [1.29, 1.82) is 5.26 Å². The van der Waals surface area contributed by atoms with E-state index in [1.807, 2.05) is 0 Å². The van der Waals surface area contributed by atoms with Gasteiger partial charge in [0.05, 0.1) is 18.6 Å². The maximum Gasteiger partial charge on any atom is 0.334 e. The van der Waals surface area contributed by atoms with Gasteiger partial charge >= 0.3 is 5.97 Å². The van der Waals surface area contributed by atoms with E-state index < -0.39 is 5.97 Å². The van der Waals surface area contributed by atoms with Crippen LogP contribution in [-0.4, -0.2) is 12.6 Å². The lowest BCUT2D eigenvalue weighted by atomic mass is 9.77. The highest BCUT2D eigenvalue weighted by Crippen LogP contribution is 2.33. The van der Waals surface area contributed by atoms with Gasteiger partial charge in [-0.1, -0.05) is 25.8 Å². The number of carbonyl (C=O) groups is 1. The second-order valence-corrected chi connectivity index (χ2v) is 4.25. The summed E-state index contributed by atoms with van der Waals surface area (Å²) in [4.78, 5) is 11.5. The average molecular weight is 221 g/mol. The van der Waals surface area contributed by atoms with Crippen molar-refractivity contribution in [3.8, 4) is 6.07 Å². The van der Waals surface area contributed by atoms with Crippen LogP contribution in [0.3, 0.4) is 0 Å². The Bertz CT molecular complexity index is 298. The van der Waals surface area contributed by atoms with Gasteiger partial charge in [0.2, 0.25) is 0 Å². The van der Waals surface area contributed by atoms with Crippen molar-refractivity contribution in [2.24, 2.45) is 11.8 Å². The molecule has 1 saturated carbocycles. The summed E-state index contributed by atoms with van der Waals surface area (Å²) in [5, 5.41) is 9.15. The Hall–Kier alpha value is -1.30. The predicted molar refractivity (Wildman–Crippen MR) is 61.5 cm³/mol.